The molecule has 6 rings (SSSR count). The molecule has 32 heavy (non-hydrogen) atoms. The third-order valence-electron chi connectivity index (χ3n) is 8.08. The molecule has 4 N–H and O–H groups in total. The fourth-order valence-corrected chi connectivity index (χ4v) is 9.53. The van der Waals surface area contributed by atoms with Gasteiger partial charge >= 0.3 is 0 Å². The number of primary amides is 1. The van der Waals surface area contributed by atoms with Gasteiger partial charge in [0.05, 0.1) is 10.3 Å². The molecule has 7 nitrogen and oxygen atoms in total. The van der Waals surface area contributed by atoms with E-state index in [0.29, 0.717) is 35.6 Å². The first kappa shape index (κ1) is 22.6. The Labute approximate surface area is 201 Å². The molecule has 1 aromatic rings. The summed E-state index contributed by atoms with van der Waals surface area (Å²) in [6.45, 7) is 0. The van der Waals surface area contributed by atoms with Crippen molar-refractivity contribution in [1.82, 2.24) is 10.0 Å². The number of nitrogens with two attached hydrogens (primary N) is 1. The van der Waals surface area contributed by atoms with Crippen LogP contribution in [0, 0.1) is 17.3 Å². The van der Waals surface area contributed by atoms with Crippen LogP contribution >= 0.6 is 27.5 Å². The first-order valence-corrected chi connectivity index (χ1v) is 13.7. The molecule has 2 amide bonds. The van der Waals surface area contributed by atoms with Gasteiger partial charge in [0.15, 0.2) is 0 Å². The molecule has 1 aromatic carbocycles. The summed E-state index contributed by atoms with van der Waals surface area (Å²) in [5, 5.41) is 3.52. The van der Waals surface area contributed by atoms with Crippen molar-refractivity contribution in [2.24, 2.45) is 23.0 Å². The molecular weight excluding hydrogens is 518 g/mol. The van der Waals surface area contributed by atoms with Crippen LogP contribution in [0.1, 0.15) is 57.8 Å². The smallest absolute Gasteiger partial charge is 0.241 e. The molecule has 5 aliphatic carbocycles. The van der Waals surface area contributed by atoms with Gasteiger partial charge in [0.1, 0.15) is 5.54 Å². The normalized spacial score (nSPS) is 34.7. The number of rotatable bonds is 6. The predicted molar refractivity (Wildman–Crippen MR) is 123 cm³/mol. The van der Waals surface area contributed by atoms with Crippen LogP contribution in [0.5, 0.6) is 0 Å². The molecule has 5 aliphatic rings. The highest BCUT2D eigenvalue weighted by atomic mass is 79.9. The van der Waals surface area contributed by atoms with Gasteiger partial charge in [-0.05, 0) is 87.8 Å². The van der Waals surface area contributed by atoms with Crippen molar-refractivity contribution in [3.63, 3.8) is 0 Å². The summed E-state index contributed by atoms with van der Waals surface area (Å²) in [6.07, 6.45) is 6.52. The first-order chi connectivity index (χ1) is 14.9. The van der Waals surface area contributed by atoms with Gasteiger partial charge in [-0.15, -0.1) is 0 Å². The highest BCUT2D eigenvalue weighted by molar-refractivity contribution is 9.10. The molecule has 2 unspecified atom stereocenters. The number of hydrogen-bond donors (Lipinski definition) is 3. The number of halogens is 2. The Morgan fingerprint density at radius 3 is 2.28 bits per heavy atom. The molecule has 0 radical (unpaired) electrons. The lowest BCUT2D eigenvalue weighted by Crippen LogP contribution is -2.70. The molecule has 0 aliphatic heterocycles. The van der Waals surface area contributed by atoms with E-state index in [1.807, 2.05) is 0 Å². The number of hydrogen-bond acceptors (Lipinski definition) is 4. The third-order valence-corrected chi connectivity index (χ3v) is 10.3. The number of carbonyl (C=O) groups is 2. The Hall–Kier alpha value is -1.16. The molecule has 0 spiro atoms. The third kappa shape index (κ3) is 3.69. The molecule has 5 fully saturated rings. The number of amides is 2. The molecule has 0 heterocycles. The number of benzene rings is 1. The fraction of sp³-hybridized carbons (Fsp3) is 0.636. The average Bonchev–Trinajstić information content (AvgIpc) is 2.62. The largest absolute Gasteiger partial charge is 0.369 e. The second kappa shape index (κ2) is 7.42. The molecule has 5 saturated carbocycles. The van der Waals surface area contributed by atoms with E-state index in [1.165, 1.54) is 12.1 Å². The van der Waals surface area contributed by atoms with Crippen molar-refractivity contribution in [3.8, 4) is 0 Å². The van der Waals surface area contributed by atoms with Gasteiger partial charge in [0, 0.05) is 15.0 Å². The first-order valence-electron chi connectivity index (χ1n) is 11.1. The van der Waals surface area contributed by atoms with E-state index in [9.17, 15) is 18.0 Å². The summed E-state index contributed by atoms with van der Waals surface area (Å²) in [5.41, 5.74) is 3.61. The van der Waals surface area contributed by atoms with Gasteiger partial charge in [0.2, 0.25) is 21.8 Å². The van der Waals surface area contributed by atoms with E-state index in [4.69, 9.17) is 17.3 Å². The van der Waals surface area contributed by atoms with Crippen LogP contribution < -0.4 is 15.8 Å². The van der Waals surface area contributed by atoms with E-state index in [-0.39, 0.29) is 21.7 Å². The number of sulfonamides is 1. The second-order valence-electron chi connectivity index (χ2n) is 10.5. The van der Waals surface area contributed by atoms with Gasteiger partial charge in [-0.25, -0.2) is 8.42 Å². The van der Waals surface area contributed by atoms with Crippen molar-refractivity contribution >= 4 is 49.4 Å². The molecule has 10 heteroatoms. The summed E-state index contributed by atoms with van der Waals surface area (Å²) >= 11 is 9.31. The molecule has 0 saturated heterocycles. The van der Waals surface area contributed by atoms with E-state index in [2.05, 4.69) is 26.0 Å². The summed E-state index contributed by atoms with van der Waals surface area (Å²) in [6, 6.07) is 4.44. The zero-order valence-corrected chi connectivity index (χ0v) is 20.8. The van der Waals surface area contributed by atoms with Crippen molar-refractivity contribution < 1.29 is 18.0 Å². The maximum Gasteiger partial charge on any atom is 0.241 e. The van der Waals surface area contributed by atoms with Crippen LogP contribution in [0.4, 0.5) is 0 Å². The molecule has 174 valence electrons. The summed E-state index contributed by atoms with van der Waals surface area (Å²) in [7, 11) is -3.96. The molecule has 2 atom stereocenters. The van der Waals surface area contributed by atoms with Gasteiger partial charge < -0.3 is 11.1 Å². The van der Waals surface area contributed by atoms with E-state index in [0.717, 1.165) is 38.5 Å². The SMILES string of the molecule is NC(=O)C12CC3CC(CC(NC(=O)C4(NS(=O)(=O)c5cc(Cl)cc(Br)c5)CCC4)(C3)C1)C2. The quantitative estimate of drug-likeness (QED) is 0.509. The Balaban J connectivity index is 1.39. The van der Waals surface area contributed by atoms with Crippen LogP contribution in [0.3, 0.4) is 0 Å². The Bertz CT molecular complexity index is 1070. The molecular formula is C22H27BrClN3O4S. The lowest BCUT2D eigenvalue weighted by atomic mass is 9.46. The predicted octanol–water partition coefficient (Wildman–Crippen LogP) is 3.24. The summed E-state index contributed by atoms with van der Waals surface area (Å²) in [4.78, 5) is 25.9. The standard InChI is InChI=1S/C22H27BrClN3O4S/c23-15-5-16(24)7-17(6-15)32(30,31)27-22(2-1-3-22)19(29)26-21-10-13-4-14(11-21)9-20(8-13,12-21)18(25)28/h5-7,13-14,27H,1-4,8-12H2,(H2,25,28)(H,26,29). The number of carbonyl (C=O) groups excluding carboxylic acids is 2. The van der Waals surface area contributed by atoms with Gasteiger partial charge in [-0.3, -0.25) is 9.59 Å². The molecule has 0 aromatic heterocycles. The maximum atomic E-state index is 13.6. The minimum Gasteiger partial charge on any atom is -0.369 e. The summed E-state index contributed by atoms with van der Waals surface area (Å²) < 4.78 is 29.5. The zero-order chi connectivity index (χ0) is 22.9. The second-order valence-corrected chi connectivity index (χ2v) is 13.5. The Morgan fingerprint density at radius 1 is 1.09 bits per heavy atom. The minimum absolute atomic E-state index is 0.0124. The van der Waals surface area contributed by atoms with Crippen LogP contribution in [-0.4, -0.2) is 31.3 Å². The zero-order valence-electron chi connectivity index (χ0n) is 17.6. The highest BCUT2D eigenvalue weighted by Gasteiger charge is 2.61. The lowest BCUT2D eigenvalue weighted by molar-refractivity contribution is -0.152. The Kier molecular flexibility index (Phi) is 5.24. The monoisotopic (exact) mass is 543 g/mol. The average molecular weight is 545 g/mol. The van der Waals surface area contributed by atoms with Gasteiger partial charge in [-0.2, -0.15) is 4.72 Å². The highest BCUT2D eigenvalue weighted by Crippen LogP contribution is 2.61. The van der Waals surface area contributed by atoms with Crippen LogP contribution in [0.25, 0.3) is 0 Å². The topological polar surface area (TPSA) is 118 Å². The van der Waals surface area contributed by atoms with Crippen LogP contribution in [-0.2, 0) is 19.6 Å². The lowest BCUT2D eigenvalue weighted by Gasteiger charge is -2.61. The van der Waals surface area contributed by atoms with E-state index >= 15 is 0 Å². The van der Waals surface area contributed by atoms with Crippen molar-refractivity contribution in [2.45, 2.75) is 73.8 Å². The van der Waals surface area contributed by atoms with Crippen LogP contribution in [0.2, 0.25) is 5.02 Å². The summed E-state index contributed by atoms with van der Waals surface area (Å²) in [5.74, 6) is 0.189. The van der Waals surface area contributed by atoms with Crippen molar-refractivity contribution in [1.29, 1.82) is 0 Å². The van der Waals surface area contributed by atoms with Crippen LogP contribution in [0.15, 0.2) is 27.6 Å². The minimum atomic E-state index is -3.96. The van der Waals surface area contributed by atoms with E-state index < -0.39 is 26.5 Å². The maximum absolute atomic E-state index is 13.6. The molecule has 4 bridgehead atoms. The van der Waals surface area contributed by atoms with Gasteiger partial charge in [-0.1, -0.05) is 27.5 Å². The van der Waals surface area contributed by atoms with E-state index in [1.54, 1.807) is 6.07 Å². The fourth-order valence-electron chi connectivity index (χ4n) is 6.96. The van der Waals surface area contributed by atoms with Crippen molar-refractivity contribution in [3.05, 3.63) is 27.7 Å². The van der Waals surface area contributed by atoms with Crippen molar-refractivity contribution in [2.75, 3.05) is 0 Å². The number of nitrogens with one attached hydrogen (secondary N) is 2. The Morgan fingerprint density at radius 2 is 1.75 bits per heavy atom. The van der Waals surface area contributed by atoms with Gasteiger partial charge in [0.25, 0.3) is 0 Å².